The Kier molecular flexibility index (Phi) is 3.60. The fourth-order valence-corrected chi connectivity index (χ4v) is 4.66. The lowest BCUT2D eigenvalue weighted by molar-refractivity contribution is 0.0732. The third-order valence-corrected chi connectivity index (χ3v) is 5.90. The van der Waals surface area contributed by atoms with Crippen LogP contribution in [0.25, 0.3) is 10.9 Å². The van der Waals surface area contributed by atoms with Gasteiger partial charge in [-0.15, -0.1) is 0 Å². The van der Waals surface area contributed by atoms with Crippen LogP contribution in [0.2, 0.25) is 0 Å². The SMILES string of the molecule is Cn1cc(CN2CC[C@@H]3[C@@H]2CCN3C(=O)c2ccc3[nH]ccc3c2)cn1. The average molecular weight is 349 g/mol. The van der Waals surface area contributed by atoms with Gasteiger partial charge in [-0.2, -0.15) is 5.10 Å². The second kappa shape index (κ2) is 5.99. The zero-order valence-corrected chi connectivity index (χ0v) is 14.9. The number of amides is 1. The zero-order chi connectivity index (χ0) is 17.7. The number of hydrogen-bond donors (Lipinski definition) is 1. The van der Waals surface area contributed by atoms with E-state index in [-0.39, 0.29) is 5.91 Å². The fourth-order valence-electron chi connectivity index (χ4n) is 4.66. The van der Waals surface area contributed by atoms with Crippen LogP contribution in [-0.2, 0) is 13.6 Å². The number of hydrogen-bond acceptors (Lipinski definition) is 3. The van der Waals surface area contributed by atoms with E-state index in [0.717, 1.165) is 48.9 Å². The van der Waals surface area contributed by atoms with Gasteiger partial charge in [0.1, 0.15) is 0 Å². The van der Waals surface area contributed by atoms with E-state index in [9.17, 15) is 4.79 Å². The molecule has 2 saturated heterocycles. The molecule has 0 unspecified atom stereocenters. The molecule has 2 aliphatic rings. The summed E-state index contributed by atoms with van der Waals surface area (Å²) < 4.78 is 1.85. The average Bonchev–Trinajstić information content (AvgIpc) is 3.39. The van der Waals surface area contributed by atoms with Crippen LogP contribution in [0.5, 0.6) is 0 Å². The van der Waals surface area contributed by atoms with Crippen LogP contribution in [0.4, 0.5) is 0 Å². The van der Waals surface area contributed by atoms with E-state index in [0.29, 0.717) is 12.1 Å². The number of benzene rings is 1. The minimum atomic E-state index is 0.170. The summed E-state index contributed by atoms with van der Waals surface area (Å²) in [7, 11) is 1.95. The molecule has 134 valence electrons. The first-order valence-electron chi connectivity index (χ1n) is 9.29. The first kappa shape index (κ1) is 15.6. The number of H-pyrrole nitrogens is 1. The largest absolute Gasteiger partial charge is 0.361 e. The molecule has 2 atom stereocenters. The summed E-state index contributed by atoms with van der Waals surface area (Å²) in [5.41, 5.74) is 3.11. The second-order valence-electron chi connectivity index (χ2n) is 7.48. The minimum Gasteiger partial charge on any atom is -0.361 e. The van der Waals surface area contributed by atoms with Gasteiger partial charge in [0.05, 0.1) is 6.20 Å². The number of aromatic amines is 1. The highest BCUT2D eigenvalue weighted by Gasteiger charge is 2.44. The zero-order valence-electron chi connectivity index (χ0n) is 14.9. The van der Waals surface area contributed by atoms with Gasteiger partial charge in [0.2, 0.25) is 0 Å². The van der Waals surface area contributed by atoms with Crippen LogP contribution in [0.3, 0.4) is 0 Å². The molecule has 3 aromatic rings. The van der Waals surface area contributed by atoms with E-state index in [1.807, 2.05) is 48.4 Å². The van der Waals surface area contributed by atoms with Gasteiger partial charge in [-0.05, 0) is 37.1 Å². The Morgan fingerprint density at radius 3 is 2.96 bits per heavy atom. The Labute approximate surface area is 152 Å². The van der Waals surface area contributed by atoms with Crippen molar-refractivity contribution in [1.82, 2.24) is 24.6 Å². The van der Waals surface area contributed by atoms with Gasteiger partial charge >= 0.3 is 0 Å². The molecule has 0 saturated carbocycles. The molecule has 5 rings (SSSR count). The Bertz CT molecular complexity index is 958. The van der Waals surface area contributed by atoms with Gasteiger partial charge in [0, 0.05) is 73.2 Å². The number of rotatable bonds is 3. The first-order valence-corrected chi connectivity index (χ1v) is 9.29. The van der Waals surface area contributed by atoms with Crippen molar-refractivity contribution in [2.45, 2.75) is 31.5 Å². The molecule has 2 aliphatic heterocycles. The van der Waals surface area contributed by atoms with Crippen molar-refractivity contribution in [2.75, 3.05) is 13.1 Å². The molecule has 6 heteroatoms. The lowest BCUT2D eigenvalue weighted by atomic mass is 10.1. The highest BCUT2D eigenvalue weighted by atomic mass is 16.2. The van der Waals surface area contributed by atoms with Gasteiger partial charge in [0.15, 0.2) is 0 Å². The maximum absolute atomic E-state index is 13.1. The second-order valence-corrected chi connectivity index (χ2v) is 7.48. The summed E-state index contributed by atoms with van der Waals surface area (Å²) in [4.78, 5) is 20.9. The normalized spacial score (nSPS) is 23.0. The topological polar surface area (TPSA) is 57.2 Å². The molecule has 4 heterocycles. The van der Waals surface area contributed by atoms with Gasteiger partial charge in [0.25, 0.3) is 5.91 Å². The molecule has 2 aromatic heterocycles. The number of likely N-dealkylation sites (tertiary alicyclic amines) is 2. The van der Waals surface area contributed by atoms with Crippen molar-refractivity contribution in [3.05, 3.63) is 54.0 Å². The summed E-state index contributed by atoms with van der Waals surface area (Å²) in [5.74, 6) is 0.170. The van der Waals surface area contributed by atoms with E-state index in [1.165, 1.54) is 5.56 Å². The summed E-state index contributed by atoms with van der Waals surface area (Å²) in [6.45, 7) is 2.82. The van der Waals surface area contributed by atoms with Crippen molar-refractivity contribution in [2.24, 2.45) is 7.05 Å². The molecule has 6 nitrogen and oxygen atoms in total. The van der Waals surface area contributed by atoms with Crippen molar-refractivity contribution in [3.8, 4) is 0 Å². The van der Waals surface area contributed by atoms with Crippen LogP contribution >= 0.6 is 0 Å². The number of carbonyl (C=O) groups is 1. The Hall–Kier alpha value is -2.60. The highest BCUT2D eigenvalue weighted by molar-refractivity contribution is 5.98. The van der Waals surface area contributed by atoms with Crippen molar-refractivity contribution >= 4 is 16.8 Å². The fraction of sp³-hybridized carbons (Fsp3) is 0.400. The number of aromatic nitrogens is 3. The molecule has 0 bridgehead atoms. The van der Waals surface area contributed by atoms with Gasteiger partial charge in [-0.25, -0.2) is 0 Å². The quantitative estimate of drug-likeness (QED) is 0.790. The van der Waals surface area contributed by atoms with E-state index in [4.69, 9.17) is 0 Å². The van der Waals surface area contributed by atoms with Crippen molar-refractivity contribution < 1.29 is 4.79 Å². The molecule has 1 N–H and O–H groups in total. The Balaban J connectivity index is 1.33. The molecule has 0 spiro atoms. The van der Waals surface area contributed by atoms with Crippen LogP contribution in [0.1, 0.15) is 28.8 Å². The summed E-state index contributed by atoms with van der Waals surface area (Å²) in [5, 5.41) is 5.36. The number of nitrogens with zero attached hydrogens (tertiary/aromatic N) is 4. The number of fused-ring (bicyclic) bond motifs is 2. The van der Waals surface area contributed by atoms with Crippen LogP contribution < -0.4 is 0 Å². The monoisotopic (exact) mass is 349 g/mol. The van der Waals surface area contributed by atoms with E-state index in [2.05, 4.69) is 26.1 Å². The number of nitrogens with one attached hydrogen (secondary N) is 1. The molecule has 0 aliphatic carbocycles. The minimum absolute atomic E-state index is 0.170. The molecule has 2 fully saturated rings. The predicted octanol–water partition coefficient (Wildman–Crippen LogP) is 2.39. The predicted molar refractivity (Wildman–Crippen MR) is 99.8 cm³/mol. The maximum atomic E-state index is 13.1. The lowest BCUT2D eigenvalue weighted by Gasteiger charge is -2.25. The third kappa shape index (κ3) is 2.52. The van der Waals surface area contributed by atoms with Gasteiger partial charge in [-0.3, -0.25) is 14.4 Å². The third-order valence-electron chi connectivity index (χ3n) is 5.90. The van der Waals surface area contributed by atoms with Gasteiger partial charge in [-0.1, -0.05) is 0 Å². The molecular weight excluding hydrogens is 326 g/mol. The molecule has 1 aromatic carbocycles. The Morgan fingerprint density at radius 2 is 2.12 bits per heavy atom. The summed E-state index contributed by atoms with van der Waals surface area (Å²) in [6.07, 6.45) is 8.05. The van der Waals surface area contributed by atoms with Crippen LogP contribution in [-0.4, -0.2) is 55.6 Å². The molecule has 1 amide bonds. The Morgan fingerprint density at radius 1 is 1.23 bits per heavy atom. The smallest absolute Gasteiger partial charge is 0.254 e. The first-order chi connectivity index (χ1) is 12.7. The lowest BCUT2D eigenvalue weighted by Crippen LogP contribution is -2.39. The van der Waals surface area contributed by atoms with Crippen LogP contribution in [0, 0.1) is 0 Å². The molecule has 26 heavy (non-hydrogen) atoms. The van der Waals surface area contributed by atoms with Crippen molar-refractivity contribution in [1.29, 1.82) is 0 Å². The molecule has 0 radical (unpaired) electrons. The number of aryl methyl sites for hydroxylation is 1. The summed E-state index contributed by atoms with van der Waals surface area (Å²) >= 11 is 0. The van der Waals surface area contributed by atoms with Crippen LogP contribution in [0.15, 0.2) is 42.9 Å². The molecular formula is C20H23N5O. The van der Waals surface area contributed by atoms with E-state index >= 15 is 0 Å². The standard InChI is InChI=1S/C20H23N5O/c1-23-12-14(11-22-23)13-24-8-5-19-18(24)6-9-25(19)20(26)16-2-3-17-15(10-16)4-7-21-17/h2-4,7,10-12,18-19,21H,5-6,8-9,13H2,1H3/t18-,19+/m0/s1. The highest BCUT2D eigenvalue weighted by Crippen LogP contribution is 2.33. The van der Waals surface area contributed by atoms with Crippen molar-refractivity contribution in [3.63, 3.8) is 0 Å². The maximum Gasteiger partial charge on any atom is 0.254 e. The number of carbonyl (C=O) groups excluding carboxylic acids is 1. The van der Waals surface area contributed by atoms with Gasteiger partial charge < -0.3 is 9.88 Å². The summed E-state index contributed by atoms with van der Waals surface area (Å²) in [6, 6.07) is 8.76. The van der Waals surface area contributed by atoms with E-state index in [1.54, 1.807) is 0 Å². The van der Waals surface area contributed by atoms with E-state index < -0.39 is 0 Å².